The van der Waals surface area contributed by atoms with Crippen LogP contribution in [0.5, 0.6) is 5.75 Å². The van der Waals surface area contributed by atoms with Gasteiger partial charge < -0.3 is 14.4 Å². The normalized spacial score (nSPS) is 9.96. The van der Waals surface area contributed by atoms with Crippen LogP contribution in [-0.2, 0) is 14.3 Å². The van der Waals surface area contributed by atoms with Crippen molar-refractivity contribution in [3.63, 3.8) is 0 Å². The van der Waals surface area contributed by atoms with E-state index >= 15 is 0 Å². The molecular weight excluding hydrogens is 368 g/mol. The Labute approximate surface area is 162 Å². The van der Waals surface area contributed by atoms with E-state index < -0.39 is 18.5 Å². The first-order chi connectivity index (χ1) is 13.0. The Kier molecular flexibility index (Phi) is 7.65. The topological polar surface area (TPSA) is 79.6 Å². The lowest BCUT2D eigenvalue weighted by Crippen LogP contribution is -2.36. The van der Waals surface area contributed by atoms with Crippen molar-refractivity contribution >= 4 is 29.2 Å². The van der Waals surface area contributed by atoms with Crippen LogP contribution in [0.25, 0.3) is 0 Å². The Morgan fingerprint density at radius 2 is 1.89 bits per heavy atom. The fourth-order valence-corrected chi connectivity index (χ4v) is 2.57. The lowest BCUT2D eigenvalue weighted by Gasteiger charge is -2.21. The highest BCUT2D eigenvalue weighted by Crippen LogP contribution is 2.21. The highest BCUT2D eigenvalue weighted by Gasteiger charge is 2.17. The van der Waals surface area contributed by atoms with Gasteiger partial charge in [-0.3, -0.25) is 4.79 Å². The zero-order chi connectivity index (χ0) is 19.6. The number of aryl methyl sites for hydroxylation is 1. The molecule has 27 heavy (non-hydrogen) atoms. The number of anilines is 1. The van der Waals surface area contributed by atoms with E-state index in [0.717, 1.165) is 5.56 Å². The molecule has 0 aliphatic rings. The summed E-state index contributed by atoms with van der Waals surface area (Å²) in [7, 11) is 0. The summed E-state index contributed by atoms with van der Waals surface area (Å²) in [6.07, 6.45) is 0.174. The van der Waals surface area contributed by atoms with E-state index in [0.29, 0.717) is 16.5 Å². The van der Waals surface area contributed by atoms with E-state index in [4.69, 9.17) is 26.3 Å². The highest BCUT2D eigenvalue weighted by atomic mass is 35.5. The van der Waals surface area contributed by atoms with Gasteiger partial charge in [-0.25, -0.2) is 4.79 Å². The van der Waals surface area contributed by atoms with E-state index in [1.54, 1.807) is 42.5 Å². The third-order valence-corrected chi connectivity index (χ3v) is 3.89. The van der Waals surface area contributed by atoms with Gasteiger partial charge in [0.2, 0.25) is 0 Å². The zero-order valence-electron chi connectivity index (χ0n) is 14.9. The van der Waals surface area contributed by atoms with Gasteiger partial charge in [0.1, 0.15) is 5.75 Å². The molecule has 0 aliphatic heterocycles. The maximum Gasteiger partial charge on any atom is 0.344 e. The van der Waals surface area contributed by atoms with Crippen molar-refractivity contribution in [2.45, 2.75) is 13.3 Å². The fraction of sp³-hybridized carbons (Fsp3) is 0.250. The maximum absolute atomic E-state index is 12.4. The monoisotopic (exact) mass is 386 g/mol. The van der Waals surface area contributed by atoms with Crippen molar-refractivity contribution in [3.8, 4) is 11.8 Å². The molecule has 0 N–H and O–H groups in total. The molecule has 0 aromatic heterocycles. The maximum atomic E-state index is 12.4. The van der Waals surface area contributed by atoms with Gasteiger partial charge in [-0.05, 0) is 42.8 Å². The number of hydrogen-bond donors (Lipinski definition) is 0. The van der Waals surface area contributed by atoms with Gasteiger partial charge in [0.25, 0.3) is 5.91 Å². The third-order valence-electron chi connectivity index (χ3n) is 3.66. The summed E-state index contributed by atoms with van der Waals surface area (Å²) >= 11 is 5.87. The lowest BCUT2D eigenvalue weighted by atomic mass is 10.2. The number of amides is 1. The number of nitriles is 1. The average molecular weight is 387 g/mol. The van der Waals surface area contributed by atoms with Crippen LogP contribution < -0.4 is 9.64 Å². The number of carbonyl (C=O) groups excluding carboxylic acids is 2. The molecule has 2 rings (SSSR count). The van der Waals surface area contributed by atoms with E-state index in [1.807, 2.05) is 19.1 Å². The van der Waals surface area contributed by atoms with Gasteiger partial charge in [0.15, 0.2) is 13.2 Å². The van der Waals surface area contributed by atoms with Gasteiger partial charge in [-0.15, -0.1) is 0 Å². The molecule has 0 saturated carbocycles. The van der Waals surface area contributed by atoms with Crippen LogP contribution in [0.4, 0.5) is 5.69 Å². The molecule has 2 aromatic carbocycles. The number of halogens is 1. The van der Waals surface area contributed by atoms with Crippen LogP contribution >= 0.6 is 11.6 Å². The minimum atomic E-state index is -0.661. The predicted octanol–water partition coefficient (Wildman–Crippen LogP) is 3.52. The number of nitrogens with zero attached hydrogens (tertiary/aromatic N) is 2. The number of rotatable bonds is 8. The van der Waals surface area contributed by atoms with Crippen molar-refractivity contribution in [2.75, 3.05) is 24.7 Å². The molecule has 0 spiro atoms. The number of carbonyl (C=O) groups is 2. The summed E-state index contributed by atoms with van der Waals surface area (Å²) in [5.74, 6) is -0.555. The molecule has 0 bridgehead atoms. The van der Waals surface area contributed by atoms with Gasteiger partial charge in [0, 0.05) is 17.3 Å². The molecule has 0 heterocycles. The Morgan fingerprint density at radius 1 is 1.15 bits per heavy atom. The van der Waals surface area contributed by atoms with Crippen LogP contribution in [-0.4, -0.2) is 31.6 Å². The fourth-order valence-electron chi connectivity index (χ4n) is 2.34. The molecule has 1 amide bonds. The third kappa shape index (κ3) is 6.32. The zero-order valence-corrected chi connectivity index (χ0v) is 15.6. The Morgan fingerprint density at radius 3 is 2.56 bits per heavy atom. The van der Waals surface area contributed by atoms with Gasteiger partial charge in [-0.2, -0.15) is 5.26 Å². The second-order valence-electron chi connectivity index (χ2n) is 5.65. The van der Waals surface area contributed by atoms with Crippen LogP contribution in [0.3, 0.4) is 0 Å². The van der Waals surface area contributed by atoms with Gasteiger partial charge >= 0.3 is 5.97 Å². The summed E-state index contributed by atoms with van der Waals surface area (Å²) in [5, 5.41) is 9.36. The smallest absolute Gasteiger partial charge is 0.344 e. The summed E-state index contributed by atoms with van der Waals surface area (Å²) in [6.45, 7) is 1.28. The predicted molar refractivity (Wildman–Crippen MR) is 102 cm³/mol. The number of ether oxygens (including phenoxy) is 2. The van der Waals surface area contributed by atoms with Gasteiger partial charge in [-0.1, -0.05) is 29.8 Å². The second kappa shape index (κ2) is 10.2. The largest absolute Gasteiger partial charge is 0.482 e. The minimum absolute atomic E-state index is 0.174. The van der Waals surface area contributed by atoms with Crippen LogP contribution in [0.2, 0.25) is 5.02 Å². The number of esters is 1. The molecule has 2 aromatic rings. The minimum Gasteiger partial charge on any atom is -0.482 e. The lowest BCUT2D eigenvalue weighted by molar-refractivity contribution is -0.149. The molecule has 0 radical (unpaired) electrons. The molecule has 140 valence electrons. The standard InChI is InChI=1S/C20H19ClN2O4/c1-15-12-16(21)8-9-18(15)26-14-20(25)27-13-19(24)23(11-5-10-22)17-6-3-2-4-7-17/h2-4,6-9,12H,5,11,13-14H2,1H3. The highest BCUT2D eigenvalue weighted by molar-refractivity contribution is 6.30. The second-order valence-corrected chi connectivity index (χ2v) is 6.08. The molecular formula is C20H19ClN2O4. The number of para-hydroxylation sites is 1. The van der Waals surface area contributed by atoms with E-state index in [-0.39, 0.29) is 19.6 Å². The first-order valence-corrected chi connectivity index (χ1v) is 8.66. The molecule has 0 unspecified atom stereocenters. The molecule has 6 nitrogen and oxygen atoms in total. The first-order valence-electron chi connectivity index (χ1n) is 8.28. The molecule has 0 aliphatic carbocycles. The molecule has 0 fully saturated rings. The van der Waals surface area contributed by atoms with E-state index in [9.17, 15) is 9.59 Å². The summed E-state index contributed by atoms with van der Waals surface area (Å²) in [6, 6.07) is 16.0. The number of hydrogen-bond acceptors (Lipinski definition) is 5. The Bertz CT molecular complexity index is 834. The van der Waals surface area contributed by atoms with Crippen molar-refractivity contribution in [3.05, 3.63) is 59.1 Å². The van der Waals surface area contributed by atoms with Crippen molar-refractivity contribution in [1.82, 2.24) is 0 Å². The summed E-state index contributed by atoms with van der Waals surface area (Å²) < 4.78 is 10.4. The Balaban J connectivity index is 1.88. The first kappa shape index (κ1) is 20.3. The molecule has 0 atom stereocenters. The van der Waals surface area contributed by atoms with Crippen molar-refractivity contribution in [2.24, 2.45) is 0 Å². The Hall–Kier alpha value is -3.04. The quantitative estimate of drug-likeness (QED) is 0.648. The van der Waals surface area contributed by atoms with Crippen LogP contribution in [0.15, 0.2) is 48.5 Å². The van der Waals surface area contributed by atoms with Crippen LogP contribution in [0.1, 0.15) is 12.0 Å². The van der Waals surface area contributed by atoms with Crippen LogP contribution in [0, 0.1) is 18.3 Å². The summed E-state index contributed by atoms with van der Waals surface area (Å²) in [4.78, 5) is 25.7. The average Bonchev–Trinajstić information content (AvgIpc) is 2.67. The molecule has 7 heteroatoms. The SMILES string of the molecule is Cc1cc(Cl)ccc1OCC(=O)OCC(=O)N(CCC#N)c1ccccc1. The van der Waals surface area contributed by atoms with Gasteiger partial charge in [0.05, 0.1) is 12.5 Å². The molecule has 0 saturated heterocycles. The van der Waals surface area contributed by atoms with Crippen molar-refractivity contribution in [1.29, 1.82) is 5.26 Å². The van der Waals surface area contributed by atoms with E-state index in [2.05, 4.69) is 0 Å². The van der Waals surface area contributed by atoms with E-state index in [1.165, 1.54) is 4.90 Å². The number of benzene rings is 2. The summed E-state index contributed by atoms with van der Waals surface area (Å²) in [5.41, 5.74) is 1.43. The van der Waals surface area contributed by atoms with Crippen molar-refractivity contribution < 1.29 is 19.1 Å².